The summed E-state index contributed by atoms with van der Waals surface area (Å²) in [5.41, 5.74) is -3.23. The zero-order valence-electron chi connectivity index (χ0n) is 18.5. The van der Waals surface area contributed by atoms with Crippen molar-refractivity contribution in [1.82, 2.24) is 4.98 Å². The van der Waals surface area contributed by atoms with E-state index in [2.05, 4.69) is 4.18 Å². The van der Waals surface area contributed by atoms with Gasteiger partial charge in [-0.1, -0.05) is 72.8 Å². The van der Waals surface area contributed by atoms with Crippen molar-refractivity contribution in [2.75, 3.05) is 0 Å². The van der Waals surface area contributed by atoms with Crippen molar-refractivity contribution in [3.63, 3.8) is 0 Å². The SMILES string of the molecule is O=S(=O)(Oc1ccc2ccc3c(-c4ccc5ccccc5c4)nc4ccccc4c3c2c1)C(F)(F)F. The van der Waals surface area contributed by atoms with Gasteiger partial charge in [0.1, 0.15) is 5.75 Å². The van der Waals surface area contributed by atoms with E-state index in [1.54, 1.807) is 6.07 Å². The van der Waals surface area contributed by atoms with E-state index in [1.807, 2.05) is 78.9 Å². The molecule has 36 heavy (non-hydrogen) atoms. The number of rotatable bonds is 3. The average Bonchev–Trinajstić information content (AvgIpc) is 2.86. The second kappa shape index (κ2) is 7.93. The Kier molecular flexibility index (Phi) is 4.91. The first-order valence-corrected chi connectivity index (χ1v) is 12.4. The number of fused-ring (bicyclic) bond motifs is 6. The van der Waals surface area contributed by atoms with Crippen LogP contribution in [0.2, 0.25) is 0 Å². The molecule has 0 saturated carbocycles. The molecule has 0 aliphatic carbocycles. The maximum Gasteiger partial charge on any atom is 0.534 e. The van der Waals surface area contributed by atoms with Crippen LogP contribution >= 0.6 is 0 Å². The Hall–Kier alpha value is -4.17. The fourth-order valence-electron chi connectivity index (χ4n) is 4.53. The lowest BCUT2D eigenvalue weighted by atomic mass is 9.94. The second-order valence-electron chi connectivity index (χ2n) is 8.39. The van der Waals surface area contributed by atoms with Crippen molar-refractivity contribution in [3.05, 3.63) is 97.1 Å². The van der Waals surface area contributed by atoms with Crippen LogP contribution in [0.25, 0.3) is 54.5 Å². The van der Waals surface area contributed by atoms with E-state index in [-0.39, 0.29) is 0 Å². The molecule has 1 aromatic heterocycles. The molecule has 0 fully saturated rings. The summed E-state index contributed by atoms with van der Waals surface area (Å²) in [6, 6.07) is 29.3. The molecule has 0 saturated heterocycles. The van der Waals surface area contributed by atoms with Gasteiger partial charge in [0, 0.05) is 21.7 Å². The molecule has 0 aliphatic heterocycles. The third-order valence-corrected chi connectivity index (χ3v) is 7.14. The number of halogens is 3. The van der Waals surface area contributed by atoms with E-state index >= 15 is 0 Å². The molecule has 0 bridgehead atoms. The van der Waals surface area contributed by atoms with E-state index in [0.29, 0.717) is 16.6 Å². The lowest BCUT2D eigenvalue weighted by Crippen LogP contribution is -2.28. The average molecular weight is 504 g/mol. The number of aromatic nitrogens is 1. The molecule has 0 unspecified atom stereocenters. The number of para-hydroxylation sites is 1. The Balaban J connectivity index is 1.66. The van der Waals surface area contributed by atoms with Gasteiger partial charge in [-0.3, -0.25) is 0 Å². The van der Waals surface area contributed by atoms with Gasteiger partial charge in [0.05, 0.1) is 11.2 Å². The fraction of sp³-hybridized carbons (Fsp3) is 0.0357. The molecular weight excluding hydrogens is 487 g/mol. The van der Waals surface area contributed by atoms with Gasteiger partial charge in [0.2, 0.25) is 0 Å². The van der Waals surface area contributed by atoms with Gasteiger partial charge in [0.25, 0.3) is 0 Å². The Morgan fingerprint density at radius 3 is 2.17 bits per heavy atom. The van der Waals surface area contributed by atoms with Gasteiger partial charge in [-0.2, -0.15) is 21.6 Å². The molecule has 0 atom stereocenters. The molecule has 0 amide bonds. The van der Waals surface area contributed by atoms with Crippen LogP contribution in [0.5, 0.6) is 5.75 Å². The Labute approximate surface area is 203 Å². The van der Waals surface area contributed by atoms with Crippen molar-refractivity contribution in [3.8, 4) is 17.0 Å². The van der Waals surface area contributed by atoms with Gasteiger partial charge in [-0.15, -0.1) is 0 Å². The van der Waals surface area contributed by atoms with E-state index in [9.17, 15) is 21.6 Å². The zero-order chi connectivity index (χ0) is 25.1. The van der Waals surface area contributed by atoms with Crippen molar-refractivity contribution < 1.29 is 25.8 Å². The summed E-state index contributed by atoms with van der Waals surface area (Å²) in [6.07, 6.45) is 0. The van der Waals surface area contributed by atoms with Crippen molar-refractivity contribution in [1.29, 1.82) is 0 Å². The lowest BCUT2D eigenvalue weighted by molar-refractivity contribution is -0.0500. The summed E-state index contributed by atoms with van der Waals surface area (Å²) in [5, 5.41) is 5.74. The minimum absolute atomic E-state index is 0.416. The van der Waals surface area contributed by atoms with Gasteiger partial charge in [-0.05, 0) is 45.8 Å². The van der Waals surface area contributed by atoms with Gasteiger partial charge in [0.15, 0.2) is 0 Å². The monoisotopic (exact) mass is 503 g/mol. The van der Waals surface area contributed by atoms with Crippen LogP contribution < -0.4 is 4.18 Å². The predicted octanol–water partition coefficient (Wildman–Crippen LogP) is 7.59. The zero-order valence-corrected chi connectivity index (χ0v) is 19.3. The summed E-state index contributed by atoms with van der Waals surface area (Å²) in [7, 11) is -5.80. The number of hydrogen-bond donors (Lipinski definition) is 0. The summed E-state index contributed by atoms with van der Waals surface area (Å²) < 4.78 is 66.4. The summed E-state index contributed by atoms with van der Waals surface area (Å²) in [6.45, 7) is 0. The first-order valence-electron chi connectivity index (χ1n) is 11.0. The Bertz CT molecular complexity index is 1930. The van der Waals surface area contributed by atoms with E-state index in [4.69, 9.17) is 4.98 Å². The maximum absolute atomic E-state index is 12.9. The summed E-state index contributed by atoms with van der Waals surface area (Å²) in [4.78, 5) is 4.93. The number of alkyl halides is 3. The van der Waals surface area contributed by atoms with Crippen LogP contribution in [0.1, 0.15) is 0 Å². The molecule has 0 spiro atoms. The highest BCUT2D eigenvalue weighted by Gasteiger charge is 2.48. The van der Waals surface area contributed by atoms with Gasteiger partial charge < -0.3 is 4.18 Å². The molecule has 178 valence electrons. The first kappa shape index (κ1) is 22.3. The molecule has 0 aliphatic rings. The molecule has 6 rings (SSSR count). The minimum atomic E-state index is -5.80. The van der Waals surface area contributed by atoms with Crippen LogP contribution in [0.15, 0.2) is 97.1 Å². The number of pyridine rings is 1. The Morgan fingerprint density at radius 1 is 0.667 bits per heavy atom. The molecular formula is C28H16F3NO3S. The highest BCUT2D eigenvalue weighted by molar-refractivity contribution is 7.88. The Morgan fingerprint density at radius 2 is 1.36 bits per heavy atom. The summed E-state index contributed by atoms with van der Waals surface area (Å²) in [5.74, 6) is -0.416. The van der Waals surface area contributed by atoms with Crippen LogP contribution in [0, 0.1) is 0 Å². The van der Waals surface area contributed by atoms with Gasteiger partial charge in [-0.25, -0.2) is 4.98 Å². The van der Waals surface area contributed by atoms with E-state index in [0.717, 1.165) is 37.9 Å². The number of benzene rings is 5. The van der Waals surface area contributed by atoms with Crippen molar-refractivity contribution in [2.45, 2.75) is 5.51 Å². The van der Waals surface area contributed by atoms with Gasteiger partial charge >= 0.3 is 15.6 Å². The smallest absolute Gasteiger partial charge is 0.376 e. The molecule has 4 nitrogen and oxygen atoms in total. The van der Waals surface area contributed by atoms with Crippen molar-refractivity contribution >= 4 is 53.3 Å². The topological polar surface area (TPSA) is 56.3 Å². The highest BCUT2D eigenvalue weighted by atomic mass is 32.2. The quantitative estimate of drug-likeness (QED) is 0.142. The summed E-state index contributed by atoms with van der Waals surface area (Å²) >= 11 is 0. The normalized spacial score (nSPS) is 12.5. The maximum atomic E-state index is 12.9. The third kappa shape index (κ3) is 3.61. The fourth-order valence-corrected chi connectivity index (χ4v) is 4.98. The predicted molar refractivity (Wildman–Crippen MR) is 135 cm³/mol. The highest BCUT2D eigenvalue weighted by Crippen LogP contribution is 2.39. The van der Waals surface area contributed by atoms with E-state index in [1.165, 1.54) is 12.1 Å². The van der Waals surface area contributed by atoms with Crippen LogP contribution in [0.3, 0.4) is 0 Å². The molecule has 8 heteroatoms. The molecule has 0 N–H and O–H groups in total. The molecule has 6 aromatic rings. The van der Waals surface area contributed by atoms with Crippen LogP contribution in [-0.4, -0.2) is 18.9 Å². The lowest BCUT2D eigenvalue weighted by Gasteiger charge is -2.14. The first-order chi connectivity index (χ1) is 17.2. The minimum Gasteiger partial charge on any atom is -0.376 e. The largest absolute Gasteiger partial charge is 0.534 e. The molecule has 5 aromatic carbocycles. The van der Waals surface area contributed by atoms with Crippen LogP contribution in [0.4, 0.5) is 13.2 Å². The standard InChI is InChI=1S/C28H16F3NO3S/c29-28(30,31)36(33,34)35-21-13-11-18-12-14-23-26(24(18)16-21)22-7-3-4-8-25(22)32-27(23)20-10-9-17-5-1-2-6-19(17)15-20/h1-16H. The number of nitrogens with zero attached hydrogens (tertiary/aromatic N) is 1. The molecule has 0 radical (unpaired) electrons. The molecule has 1 heterocycles. The second-order valence-corrected chi connectivity index (χ2v) is 9.93. The van der Waals surface area contributed by atoms with Crippen LogP contribution in [-0.2, 0) is 10.1 Å². The van der Waals surface area contributed by atoms with E-state index < -0.39 is 21.4 Å². The van der Waals surface area contributed by atoms with Crippen molar-refractivity contribution in [2.24, 2.45) is 0 Å². The third-order valence-electron chi connectivity index (χ3n) is 6.17. The number of hydrogen-bond acceptors (Lipinski definition) is 4.